The van der Waals surface area contributed by atoms with Crippen molar-refractivity contribution < 1.29 is 48.5 Å². The molecule has 0 radical (unpaired) electrons. The molecule has 1 aromatic rings. The van der Waals surface area contributed by atoms with Crippen LogP contribution in [0.25, 0.3) is 0 Å². The Hall–Kier alpha value is -4.24. The lowest BCUT2D eigenvalue weighted by Crippen LogP contribution is -2.57. The smallest absolute Gasteiger partial charge is 0.408 e. The van der Waals surface area contributed by atoms with E-state index in [1.807, 2.05) is 65.0 Å². The van der Waals surface area contributed by atoms with E-state index in [9.17, 15) is 39.0 Å². The van der Waals surface area contributed by atoms with Gasteiger partial charge in [-0.15, -0.1) is 0 Å². The summed E-state index contributed by atoms with van der Waals surface area (Å²) in [6.07, 6.45) is -2.51. The van der Waals surface area contributed by atoms with E-state index in [2.05, 4.69) is 31.3 Å². The monoisotopic (exact) mass is 763 g/mol. The SMILES string of the molecule is CCC[C@H](NC(=O)[C@H](Cc1ccccc1)NC(=O)OC(C)(C)C)C(=O)N[C@@H](CC(C)C)[C@@H](O)CC(=O)N[C@@H](C)C(=O)N[C@@H](CC(C)C)[C@@H](O)CC(=O)OC. The molecule has 0 unspecified atom stereocenters. The Morgan fingerprint density at radius 1 is 0.704 bits per heavy atom. The van der Waals surface area contributed by atoms with Gasteiger partial charge >= 0.3 is 12.1 Å². The molecule has 0 aliphatic heterocycles. The summed E-state index contributed by atoms with van der Waals surface area (Å²) >= 11 is 0. The molecule has 0 aromatic heterocycles. The second kappa shape index (κ2) is 23.5. The van der Waals surface area contributed by atoms with E-state index in [0.29, 0.717) is 19.3 Å². The van der Waals surface area contributed by atoms with Crippen LogP contribution in [0.15, 0.2) is 30.3 Å². The van der Waals surface area contributed by atoms with E-state index >= 15 is 0 Å². The number of ether oxygens (including phenoxy) is 2. The zero-order chi connectivity index (χ0) is 41.2. The predicted molar refractivity (Wildman–Crippen MR) is 204 cm³/mol. The molecule has 7 atom stereocenters. The molecular weight excluding hydrogens is 698 g/mol. The molecule has 15 heteroatoms. The maximum Gasteiger partial charge on any atom is 0.408 e. The summed E-state index contributed by atoms with van der Waals surface area (Å²) in [5.74, 6) is -2.97. The number of carbonyl (C=O) groups excluding carboxylic acids is 6. The first-order valence-electron chi connectivity index (χ1n) is 18.8. The second-order valence-electron chi connectivity index (χ2n) is 15.6. The summed E-state index contributed by atoms with van der Waals surface area (Å²) in [6, 6.07) is 4.30. The largest absolute Gasteiger partial charge is 0.469 e. The fourth-order valence-corrected chi connectivity index (χ4v) is 5.66. The van der Waals surface area contributed by atoms with E-state index in [0.717, 1.165) is 5.56 Å². The van der Waals surface area contributed by atoms with E-state index in [1.54, 1.807) is 20.8 Å². The Balaban J connectivity index is 3.04. The summed E-state index contributed by atoms with van der Waals surface area (Å²) in [5.41, 5.74) is -0.0230. The Labute approximate surface area is 320 Å². The summed E-state index contributed by atoms with van der Waals surface area (Å²) < 4.78 is 10.0. The topological polar surface area (TPSA) is 221 Å². The number of aliphatic hydroxyl groups is 2. The van der Waals surface area contributed by atoms with Crippen LogP contribution in [0.4, 0.5) is 4.79 Å². The second-order valence-corrected chi connectivity index (χ2v) is 15.6. The molecule has 0 saturated heterocycles. The van der Waals surface area contributed by atoms with Crippen LogP contribution in [0.2, 0.25) is 0 Å². The van der Waals surface area contributed by atoms with Gasteiger partial charge in [-0.2, -0.15) is 0 Å². The molecule has 0 aliphatic carbocycles. The van der Waals surface area contributed by atoms with Crippen molar-refractivity contribution in [1.29, 1.82) is 0 Å². The lowest BCUT2D eigenvalue weighted by atomic mass is 9.96. The zero-order valence-corrected chi connectivity index (χ0v) is 33.7. The maximum atomic E-state index is 13.7. The van der Waals surface area contributed by atoms with Crippen LogP contribution >= 0.6 is 0 Å². The summed E-state index contributed by atoms with van der Waals surface area (Å²) in [4.78, 5) is 77.7. The molecule has 15 nitrogen and oxygen atoms in total. The lowest BCUT2D eigenvalue weighted by Gasteiger charge is -2.29. The quantitative estimate of drug-likeness (QED) is 0.0856. The Bertz CT molecular complexity index is 1350. The van der Waals surface area contributed by atoms with Crippen LogP contribution in [0.1, 0.15) is 106 Å². The van der Waals surface area contributed by atoms with Crippen molar-refractivity contribution in [2.75, 3.05) is 7.11 Å². The van der Waals surface area contributed by atoms with Crippen molar-refractivity contribution in [3.8, 4) is 0 Å². The number of methoxy groups -OCH3 is 1. The average Bonchev–Trinajstić information content (AvgIpc) is 3.05. The minimum Gasteiger partial charge on any atom is -0.469 e. The van der Waals surface area contributed by atoms with Crippen LogP contribution in [0.5, 0.6) is 0 Å². The molecule has 1 rings (SSSR count). The van der Waals surface area contributed by atoms with Gasteiger partial charge in [0.1, 0.15) is 23.7 Å². The highest BCUT2D eigenvalue weighted by atomic mass is 16.6. The summed E-state index contributed by atoms with van der Waals surface area (Å²) in [6.45, 7) is 16.0. The number of amides is 5. The number of benzene rings is 1. The fourth-order valence-electron chi connectivity index (χ4n) is 5.66. The van der Waals surface area contributed by atoms with Gasteiger partial charge in [0.05, 0.1) is 44.2 Å². The first kappa shape index (κ1) is 47.8. The number of rotatable bonds is 22. The average molecular weight is 764 g/mol. The van der Waals surface area contributed by atoms with Gasteiger partial charge in [-0.1, -0.05) is 71.4 Å². The lowest BCUT2D eigenvalue weighted by molar-refractivity contribution is -0.144. The molecule has 0 spiro atoms. The van der Waals surface area contributed by atoms with Crippen molar-refractivity contribution in [2.24, 2.45) is 11.8 Å². The molecule has 54 heavy (non-hydrogen) atoms. The third kappa shape index (κ3) is 19.2. The first-order chi connectivity index (χ1) is 25.1. The van der Waals surface area contributed by atoms with E-state index in [1.165, 1.54) is 14.0 Å². The molecule has 306 valence electrons. The van der Waals surface area contributed by atoms with Crippen molar-refractivity contribution in [3.05, 3.63) is 35.9 Å². The summed E-state index contributed by atoms with van der Waals surface area (Å²) in [7, 11) is 1.20. The van der Waals surface area contributed by atoms with Crippen molar-refractivity contribution in [3.63, 3.8) is 0 Å². The number of nitrogens with one attached hydrogen (secondary N) is 5. The maximum absolute atomic E-state index is 13.7. The third-order valence-corrected chi connectivity index (χ3v) is 8.30. The molecule has 0 bridgehead atoms. The number of aliphatic hydroxyl groups excluding tert-OH is 2. The molecule has 0 heterocycles. The normalized spacial score (nSPS) is 15.4. The van der Waals surface area contributed by atoms with Gasteiger partial charge in [0.25, 0.3) is 0 Å². The highest BCUT2D eigenvalue weighted by molar-refractivity contribution is 5.92. The fraction of sp³-hybridized carbons (Fsp3) is 0.692. The van der Waals surface area contributed by atoms with Crippen LogP contribution < -0.4 is 26.6 Å². The molecular formula is C39H65N5O10. The van der Waals surface area contributed by atoms with Gasteiger partial charge in [-0.05, 0) is 64.4 Å². The number of hydrogen-bond acceptors (Lipinski definition) is 10. The Morgan fingerprint density at radius 2 is 1.22 bits per heavy atom. The molecule has 0 fully saturated rings. The first-order valence-corrected chi connectivity index (χ1v) is 18.8. The van der Waals surface area contributed by atoms with Gasteiger partial charge in [-0.25, -0.2) is 4.79 Å². The highest BCUT2D eigenvalue weighted by Crippen LogP contribution is 2.15. The number of esters is 1. The summed E-state index contributed by atoms with van der Waals surface area (Å²) in [5, 5.41) is 35.2. The minimum absolute atomic E-state index is 0.000446. The van der Waals surface area contributed by atoms with Crippen LogP contribution in [-0.4, -0.2) is 101 Å². The predicted octanol–water partition coefficient (Wildman–Crippen LogP) is 2.65. The van der Waals surface area contributed by atoms with Gasteiger partial charge in [0, 0.05) is 6.42 Å². The van der Waals surface area contributed by atoms with E-state index < -0.39 is 90.1 Å². The highest BCUT2D eigenvalue weighted by Gasteiger charge is 2.32. The van der Waals surface area contributed by atoms with E-state index in [-0.39, 0.29) is 31.1 Å². The Kier molecular flexibility index (Phi) is 20.8. The molecule has 0 saturated carbocycles. The van der Waals surface area contributed by atoms with Crippen molar-refractivity contribution in [1.82, 2.24) is 26.6 Å². The molecule has 5 amide bonds. The van der Waals surface area contributed by atoms with Crippen LogP contribution in [0.3, 0.4) is 0 Å². The Morgan fingerprint density at radius 3 is 1.72 bits per heavy atom. The zero-order valence-electron chi connectivity index (χ0n) is 33.7. The standard InChI is InChI=1S/C39H65N5O10/c1-11-15-27(41-37(51)30(20-26-16-13-12-14-17-26)44-38(52)54-39(7,8)9)36(50)43-28(18-23(2)3)31(45)21-33(47)40-25(6)35(49)42-29(19-24(4)5)32(46)22-34(48)53-10/h12-14,16-17,23-25,27-32,45-46H,11,15,18-22H2,1-10H3,(H,40,47)(H,41,51)(H,42,49)(H,43,50)(H,44,52)/t25-,27-,28-,29-,30-,31-,32-/m0/s1. The van der Waals surface area contributed by atoms with Gasteiger partial charge in [-0.3, -0.25) is 24.0 Å². The van der Waals surface area contributed by atoms with Gasteiger partial charge < -0.3 is 46.3 Å². The third-order valence-electron chi connectivity index (χ3n) is 8.30. The molecule has 0 aliphatic rings. The van der Waals surface area contributed by atoms with Gasteiger partial charge in [0.2, 0.25) is 23.6 Å². The van der Waals surface area contributed by atoms with Crippen molar-refractivity contribution >= 4 is 35.7 Å². The number of alkyl carbamates (subject to hydrolysis) is 1. The van der Waals surface area contributed by atoms with Crippen molar-refractivity contribution in [2.45, 2.75) is 155 Å². The van der Waals surface area contributed by atoms with Gasteiger partial charge in [0.15, 0.2) is 0 Å². The number of hydrogen-bond donors (Lipinski definition) is 7. The molecule has 7 N–H and O–H groups in total. The number of carbonyl (C=O) groups is 6. The molecule has 1 aromatic carbocycles. The van der Waals surface area contributed by atoms with E-state index in [4.69, 9.17) is 4.74 Å². The van der Waals surface area contributed by atoms with Crippen LogP contribution in [0, 0.1) is 11.8 Å². The van der Waals surface area contributed by atoms with Crippen LogP contribution in [-0.2, 0) is 39.9 Å². The minimum atomic E-state index is -1.35.